The predicted molar refractivity (Wildman–Crippen MR) is 457 cm³/mol. The van der Waals surface area contributed by atoms with Crippen molar-refractivity contribution in [2.24, 2.45) is 58.4 Å². The van der Waals surface area contributed by atoms with E-state index in [0.29, 0.717) is 51.6 Å². The van der Waals surface area contributed by atoms with Gasteiger partial charge in [-0.25, -0.2) is 4.79 Å². The number of carbonyl (C=O) groups is 20. The number of aliphatic carboxylic acids is 7. The molecular weight excluding hydrogens is 1780 g/mol. The first-order chi connectivity index (χ1) is 61.2. The van der Waals surface area contributed by atoms with Gasteiger partial charge in [-0.3, -0.25) is 110 Å². The van der Waals surface area contributed by atoms with E-state index < -0.39 is 326 Å². The molecule has 0 spiro atoms. The zero-order chi connectivity index (χ0) is 99.6. The molecule has 2 aromatic heterocycles. The number of rotatable bonds is 72. The minimum atomic E-state index is -4.42. The van der Waals surface area contributed by atoms with Crippen LogP contribution in [0.1, 0.15) is 219 Å². The molecule has 0 unspecified atom stereocenters. The molecule has 13 atom stereocenters. The Balaban J connectivity index is 0.00000137. The lowest BCUT2D eigenvalue weighted by atomic mass is 9.89. The van der Waals surface area contributed by atoms with Crippen LogP contribution in [0.5, 0.6) is 0 Å². The maximum atomic E-state index is 14.3. The van der Waals surface area contributed by atoms with Gasteiger partial charge in [0, 0.05) is 132 Å². The van der Waals surface area contributed by atoms with Crippen molar-refractivity contribution < 1.29 is 160 Å². The fraction of sp³-hybridized carbons (Fsp3) is 0.696. The van der Waals surface area contributed by atoms with Gasteiger partial charge in [0.2, 0.25) is 41.4 Å². The van der Waals surface area contributed by atoms with Crippen LogP contribution >= 0.6 is 15.2 Å². The van der Waals surface area contributed by atoms with Crippen molar-refractivity contribution in [3.05, 3.63) is 23.8 Å². The summed E-state index contributed by atoms with van der Waals surface area (Å²) in [5.74, 6) is -26.4. The molecule has 0 aliphatic rings. The summed E-state index contributed by atoms with van der Waals surface area (Å²) >= 11 is 0. The third-order valence-electron chi connectivity index (χ3n) is 20.6. The molecular formula is C79H129N17O33P2. The second-order valence-electron chi connectivity index (χ2n) is 32.1. The van der Waals surface area contributed by atoms with Gasteiger partial charge in [0.15, 0.2) is 34.7 Å². The second kappa shape index (κ2) is 61.6. The highest BCUT2D eigenvalue weighted by Crippen LogP contribution is 2.35. The van der Waals surface area contributed by atoms with Crippen LogP contribution in [-0.4, -0.2) is 283 Å². The van der Waals surface area contributed by atoms with Gasteiger partial charge < -0.3 is 115 Å². The monoisotopic (exact) mass is 1910 g/mol. The standard InChI is InChI=1S/C45H79N13O15P2.C34H50N4O18/c1-28(2)41(62)50-35(12-6-9-15-47)40(61)24-32(22-33-26-57(55-53-33)17-19-74(68,69)70)44(65)49-30(4)38(59)23-31(11-5-8-14-46)43(64)52-37(25-34-27-58(56-54-34)18-20-75(71,72)73)39(60)21-29(3)42(63)51-36(45(66)67)13-7-10-16-48;1-2-23(39)20(6-12-29(48)49)36-32(54)17(3-9-26(42)43)15-24(40)21(7-13-30(50)51)37-33(55)18(4-10-27(44)45)16-25(41)22(8-14-31(52)53)38-34(56)19(35)5-11-28(46)47/h26-32,35-37H,5-25,46-48H2,1-4H3,(H,49,65)(H,50,62)(H,51,63)(H,52,64)(H,66,67)(H2,68,69,70)(H2,71,72,73);17-22H,2-16,35H2,1H3,(H,36,54)(H,37,55)(H,38,56)(H,42,43)(H,44,45)(H,46,47)(H,48,49)(H,50,51)(H,52,53)/t29-,30+,31-,32-,35+,36+,37+;17-,18-,19+,20+,21+,22+/m11/s1. The highest BCUT2D eigenvalue weighted by atomic mass is 31.2. The number of nitrogens with one attached hydrogen (secondary N) is 7. The van der Waals surface area contributed by atoms with Crippen molar-refractivity contribution in [1.82, 2.24) is 67.2 Å². The van der Waals surface area contributed by atoms with Crippen LogP contribution in [0.3, 0.4) is 0 Å². The average Bonchev–Trinajstić information content (AvgIpc) is 1.50. The van der Waals surface area contributed by atoms with Gasteiger partial charge in [-0.15, -0.1) is 10.2 Å². The molecule has 50 nitrogen and oxygen atoms in total. The summed E-state index contributed by atoms with van der Waals surface area (Å²) in [6.45, 7) is 8.01. The molecule has 0 fully saturated rings. The first-order valence-electron chi connectivity index (χ1n) is 42.8. The van der Waals surface area contributed by atoms with Gasteiger partial charge in [0.1, 0.15) is 6.04 Å². The Morgan fingerprint density at radius 1 is 0.359 bits per heavy atom. The molecule has 26 N–H and O–H groups in total. The minimum absolute atomic E-state index is 0.0910. The molecule has 0 radical (unpaired) electrons. The van der Waals surface area contributed by atoms with Crippen molar-refractivity contribution in [2.75, 3.05) is 32.0 Å². The molecule has 0 saturated carbocycles. The van der Waals surface area contributed by atoms with Crippen LogP contribution in [-0.2, 0) is 131 Å². The molecule has 52 heteroatoms. The average molecular weight is 1910 g/mol. The van der Waals surface area contributed by atoms with E-state index in [0.717, 1.165) is 4.68 Å². The summed E-state index contributed by atoms with van der Waals surface area (Å²) in [7, 11) is -8.83. The Morgan fingerprint density at radius 2 is 0.679 bits per heavy atom. The normalized spacial score (nSPS) is 14.4. The molecule has 131 heavy (non-hydrogen) atoms. The topological polar surface area (TPSA) is 848 Å². The van der Waals surface area contributed by atoms with E-state index in [2.05, 4.69) is 57.8 Å². The maximum absolute atomic E-state index is 14.3. The maximum Gasteiger partial charge on any atom is 0.327 e. The Morgan fingerprint density at radius 3 is 1.08 bits per heavy atom. The number of amides is 7. The summed E-state index contributed by atoms with van der Waals surface area (Å²) in [5.41, 5.74) is 23.0. The Kier molecular flexibility index (Phi) is 55.5. The predicted octanol–water partition coefficient (Wildman–Crippen LogP) is -2.07. The molecule has 2 rings (SSSR count). The van der Waals surface area contributed by atoms with E-state index in [1.54, 1.807) is 13.8 Å². The Bertz CT molecular complexity index is 4280. The number of hydrogen-bond acceptors (Lipinski definition) is 30. The van der Waals surface area contributed by atoms with E-state index in [1.807, 2.05) is 0 Å². The first kappa shape index (κ1) is 118. The molecule has 2 aromatic rings. The number of hydrogen-bond donors (Lipinski definition) is 22. The van der Waals surface area contributed by atoms with Crippen molar-refractivity contribution in [3.8, 4) is 0 Å². The largest absolute Gasteiger partial charge is 0.481 e. The SMILES string of the molecule is CC(C)C(=O)N[C@@H](CCCCN)C(=O)C[C@@H](Cc1cn(CCP(=O)(O)O)nn1)C(=O)N[C@@H](C)C(=O)C[C@@H](CCCCN)C(=O)N[C@@H](Cc1cn(CCP(=O)(O)O)nn1)C(=O)C[C@@H](C)C(=O)N[C@@H](CCCCN)C(=O)O.CCC(=O)[C@H](CCC(=O)O)NC(=O)[C@H](CCC(=O)O)CC(=O)[C@H](CCC(=O)O)NC(=O)[C@H](CCC(=O)O)CC(=O)[C@H](CCC(=O)O)NC(=O)[C@@H](N)CCC(=O)O. The summed E-state index contributed by atoms with van der Waals surface area (Å²) < 4.78 is 25.3. The third kappa shape index (κ3) is 51.4. The van der Waals surface area contributed by atoms with Gasteiger partial charge in [0.05, 0.1) is 85.0 Å². The van der Waals surface area contributed by atoms with E-state index in [-0.39, 0.29) is 82.4 Å². The number of aryl methyl sites for hydroxylation is 2. The fourth-order valence-corrected chi connectivity index (χ4v) is 13.8. The lowest BCUT2D eigenvalue weighted by Crippen LogP contribution is -2.50. The van der Waals surface area contributed by atoms with E-state index in [9.17, 15) is 145 Å². The fourth-order valence-electron chi connectivity index (χ4n) is 12.9. The van der Waals surface area contributed by atoms with Gasteiger partial charge in [0.25, 0.3) is 0 Å². The Hall–Kier alpha value is -11.0. The highest BCUT2D eigenvalue weighted by Gasteiger charge is 2.38. The lowest BCUT2D eigenvalue weighted by molar-refractivity contribution is -0.143. The van der Waals surface area contributed by atoms with Crippen LogP contribution in [0.25, 0.3) is 0 Å². The zero-order valence-corrected chi connectivity index (χ0v) is 75.8. The van der Waals surface area contributed by atoms with Crippen LogP contribution in [0.2, 0.25) is 0 Å². The number of aromatic nitrogens is 6. The minimum Gasteiger partial charge on any atom is -0.481 e. The molecule has 2 heterocycles. The zero-order valence-electron chi connectivity index (χ0n) is 74.0. The number of carbonyl (C=O) groups excluding carboxylic acids is 13. The van der Waals surface area contributed by atoms with E-state index in [1.165, 1.54) is 37.8 Å². The van der Waals surface area contributed by atoms with Crippen molar-refractivity contribution in [1.29, 1.82) is 0 Å². The quantitative estimate of drug-likeness (QED) is 0.0250. The number of nitrogens with two attached hydrogens (primary N) is 4. The van der Waals surface area contributed by atoms with Crippen molar-refractivity contribution >= 4 is 133 Å². The molecule has 0 saturated heterocycles. The van der Waals surface area contributed by atoms with Gasteiger partial charge in [-0.05, 0) is 116 Å². The highest BCUT2D eigenvalue weighted by molar-refractivity contribution is 7.52. The Labute approximate surface area is 754 Å². The molecule has 7 amide bonds. The number of carboxylic acids is 7. The summed E-state index contributed by atoms with van der Waals surface area (Å²) in [5, 5.41) is 97.7. The van der Waals surface area contributed by atoms with E-state index >= 15 is 0 Å². The van der Waals surface area contributed by atoms with Crippen LogP contribution < -0.4 is 60.2 Å². The smallest absolute Gasteiger partial charge is 0.327 e. The molecule has 738 valence electrons. The molecule has 0 aromatic carbocycles. The molecule has 0 aliphatic carbocycles. The van der Waals surface area contributed by atoms with Crippen LogP contribution in [0.4, 0.5) is 0 Å². The number of ketones is 6. The van der Waals surface area contributed by atoms with Gasteiger partial charge in [-0.2, -0.15) is 0 Å². The number of Topliss-reactive ketones (excluding diaryl/α,β-unsaturated/α-hetero) is 6. The number of nitrogens with zero attached hydrogens (tertiary/aromatic N) is 6. The summed E-state index contributed by atoms with van der Waals surface area (Å²) in [6.07, 6.45) is -5.43. The van der Waals surface area contributed by atoms with Crippen molar-refractivity contribution in [2.45, 2.75) is 282 Å². The van der Waals surface area contributed by atoms with Crippen LogP contribution in [0.15, 0.2) is 12.4 Å². The third-order valence-corrected chi connectivity index (χ3v) is 22.2. The number of unbranched alkanes of at least 4 members (excludes halogenated alkanes) is 3. The second-order valence-corrected chi connectivity index (χ2v) is 35.7. The van der Waals surface area contributed by atoms with Crippen molar-refractivity contribution in [3.63, 3.8) is 0 Å². The lowest BCUT2D eigenvalue weighted by Gasteiger charge is -2.25. The number of carboxylic acid groups (broad SMARTS) is 7. The summed E-state index contributed by atoms with van der Waals surface area (Å²) in [4.78, 5) is 292. The van der Waals surface area contributed by atoms with E-state index in [4.69, 9.17) is 38.3 Å². The summed E-state index contributed by atoms with van der Waals surface area (Å²) in [6, 6.07) is -10.9. The van der Waals surface area contributed by atoms with Gasteiger partial charge >= 0.3 is 57.0 Å². The van der Waals surface area contributed by atoms with Gasteiger partial charge in [-0.1, -0.05) is 44.5 Å². The molecule has 0 aliphatic heterocycles. The molecule has 0 bridgehead atoms. The first-order valence-corrected chi connectivity index (χ1v) is 46.4. The van der Waals surface area contributed by atoms with Crippen LogP contribution in [0, 0.1) is 35.5 Å².